The van der Waals surface area contributed by atoms with Crippen molar-refractivity contribution in [1.82, 2.24) is 14.5 Å². The number of imidazole rings is 1. The molecule has 0 radical (unpaired) electrons. The summed E-state index contributed by atoms with van der Waals surface area (Å²) in [6.07, 6.45) is 4.73. The third-order valence-corrected chi connectivity index (χ3v) is 6.34. The summed E-state index contributed by atoms with van der Waals surface area (Å²) in [7, 11) is 1.72. The highest BCUT2D eigenvalue weighted by Crippen LogP contribution is 2.29. The molecule has 2 saturated heterocycles. The lowest BCUT2D eigenvalue weighted by Crippen LogP contribution is -2.44. The van der Waals surface area contributed by atoms with Crippen molar-refractivity contribution in [2.75, 3.05) is 24.6 Å². The molecule has 0 aliphatic carbocycles. The smallest absolute Gasteiger partial charge is 0.329 e. The third-order valence-electron chi connectivity index (χ3n) is 6.34. The summed E-state index contributed by atoms with van der Waals surface area (Å²) in [4.78, 5) is 39.0. The van der Waals surface area contributed by atoms with Crippen LogP contribution in [0.4, 0.5) is 5.69 Å². The van der Waals surface area contributed by atoms with Gasteiger partial charge in [-0.05, 0) is 56.2 Å². The maximum absolute atomic E-state index is 12.9. The number of hydrogen-bond acceptors (Lipinski definition) is 5. The fourth-order valence-electron chi connectivity index (χ4n) is 4.64. The zero-order valence-corrected chi connectivity index (χ0v) is 16.8. The summed E-state index contributed by atoms with van der Waals surface area (Å²) in [5.41, 5.74) is 2.34. The van der Waals surface area contributed by atoms with Gasteiger partial charge in [0.15, 0.2) is 0 Å². The van der Waals surface area contributed by atoms with E-state index in [0.717, 1.165) is 50.0 Å². The highest BCUT2D eigenvalue weighted by atomic mass is 16.3. The van der Waals surface area contributed by atoms with Gasteiger partial charge in [-0.15, -0.1) is 0 Å². The van der Waals surface area contributed by atoms with E-state index in [0.29, 0.717) is 17.9 Å². The van der Waals surface area contributed by atoms with E-state index in [2.05, 4.69) is 10.2 Å². The van der Waals surface area contributed by atoms with Gasteiger partial charge in [-0.3, -0.25) is 24.0 Å². The Morgan fingerprint density at radius 3 is 2.55 bits per heavy atom. The number of aliphatic hydroxyl groups is 1. The number of benzene rings is 1. The predicted octanol–water partition coefficient (Wildman–Crippen LogP) is 1.31. The number of carbonyl (C=O) groups is 2. The number of imide groups is 1. The summed E-state index contributed by atoms with van der Waals surface area (Å²) < 4.78 is 3.10. The Bertz CT molecular complexity index is 984. The molecule has 1 unspecified atom stereocenters. The first-order chi connectivity index (χ1) is 14.0. The molecule has 0 bridgehead atoms. The van der Waals surface area contributed by atoms with Crippen LogP contribution in [0.25, 0.3) is 11.0 Å². The van der Waals surface area contributed by atoms with E-state index >= 15 is 0 Å². The number of nitrogens with zero attached hydrogens (tertiary/aromatic N) is 3. The lowest BCUT2D eigenvalue weighted by atomic mass is 9.92. The highest BCUT2D eigenvalue weighted by molar-refractivity contribution is 6.00. The summed E-state index contributed by atoms with van der Waals surface area (Å²) in [6, 6.07) is 5.29. The average Bonchev–Trinajstić information content (AvgIpc) is 2.97. The molecular formula is C21H28N4O4. The maximum Gasteiger partial charge on any atom is 0.329 e. The van der Waals surface area contributed by atoms with Gasteiger partial charge in [0, 0.05) is 38.9 Å². The van der Waals surface area contributed by atoms with Gasteiger partial charge in [0.2, 0.25) is 11.8 Å². The molecule has 8 heteroatoms. The number of nitrogens with one attached hydrogen (secondary N) is 1. The largest absolute Gasteiger partial charge is 0.396 e. The summed E-state index contributed by atoms with van der Waals surface area (Å²) >= 11 is 0. The second-order valence-electron chi connectivity index (χ2n) is 8.15. The molecule has 3 heterocycles. The number of rotatable bonds is 5. The van der Waals surface area contributed by atoms with E-state index in [1.54, 1.807) is 11.6 Å². The Labute approximate surface area is 169 Å². The zero-order chi connectivity index (χ0) is 20.5. The van der Waals surface area contributed by atoms with Crippen LogP contribution in [-0.2, 0) is 16.6 Å². The molecule has 29 heavy (non-hydrogen) atoms. The van der Waals surface area contributed by atoms with Crippen molar-refractivity contribution >= 4 is 28.5 Å². The highest BCUT2D eigenvalue weighted by Gasteiger charge is 2.31. The van der Waals surface area contributed by atoms with Gasteiger partial charge in [-0.25, -0.2) is 4.79 Å². The standard InChI is InChI=1S/C21H28N4O4/c1-23-18-13-15(24-10-8-14(9-11-24)3-2-12-26)4-5-16(18)25(21(23)29)17-6-7-19(27)22-20(17)28/h4-5,13-14,17,26H,2-3,6-12H2,1H3,(H,22,27,28). The molecule has 156 valence electrons. The molecule has 2 aromatic rings. The van der Waals surface area contributed by atoms with E-state index in [4.69, 9.17) is 5.11 Å². The number of piperidine rings is 2. The van der Waals surface area contributed by atoms with Crippen molar-refractivity contribution < 1.29 is 14.7 Å². The first-order valence-electron chi connectivity index (χ1n) is 10.4. The van der Waals surface area contributed by atoms with Crippen molar-refractivity contribution in [2.45, 2.75) is 44.6 Å². The molecule has 1 aromatic heterocycles. The first-order valence-corrected chi connectivity index (χ1v) is 10.4. The van der Waals surface area contributed by atoms with Crippen molar-refractivity contribution in [3.63, 3.8) is 0 Å². The number of anilines is 1. The Morgan fingerprint density at radius 2 is 1.86 bits per heavy atom. The molecule has 2 fully saturated rings. The number of fused-ring (bicyclic) bond motifs is 1. The van der Waals surface area contributed by atoms with E-state index < -0.39 is 11.9 Å². The predicted molar refractivity (Wildman–Crippen MR) is 110 cm³/mol. The number of aliphatic hydroxyl groups excluding tert-OH is 1. The number of hydrogen-bond donors (Lipinski definition) is 2. The van der Waals surface area contributed by atoms with Crippen LogP contribution in [0.5, 0.6) is 0 Å². The molecule has 1 atom stereocenters. The number of amides is 2. The van der Waals surface area contributed by atoms with Gasteiger partial charge in [0.25, 0.3) is 0 Å². The van der Waals surface area contributed by atoms with Crippen LogP contribution in [0.3, 0.4) is 0 Å². The van der Waals surface area contributed by atoms with Gasteiger partial charge in [-0.2, -0.15) is 0 Å². The average molecular weight is 400 g/mol. The van der Waals surface area contributed by atoms with E-state index in [1.807, 2.05) is 18.2 Å². The van der Waals surface area contributed by atoms with Gasteiger partial charge in [0.05, 0.1) is 11.0 Å². The molecule has 2 aliphatic heterocycles. The lowest BCUT2D eigenvalue weighted by Gasteiger charge is -2.33. The molecule has 2 aliphatic rings. The van der Waals surface area contributed by atoms with Crippen LogP contribution < -0.4 is 15.9 Å². The Morgan fingerprint density at radius 1 is 1.10 bits per heavy atom. The van der Waals surface area contributed by atoms with Gasteiger partial charge < -0.3 is 10.0 Å². The van der Waals surface area contributed by atoms with Crippen LogP contribution in [0.1, 0.15) is 44.6 Å². The van der Waals surface area contributed by atoms with Gasteiger partial charge in [-0.1, -0.05) is 0 Å². The van der Waals surface area contributed by atoms with Crippen LogP contribution in [0.15, 0.2) is 23.0 Å². The van der Waals surface area contributed by atoms with Gasteiger partial charge >= 0.3 is 5.69 Å². The topological polar surface area (TPSA) is 96.6 Å². The second kappa shape index (κ2) is 8.02. The van der Waals surface area contributed by atoms with Crippen molar-refractivity contribution in [2.24, 2.45) is 13.0 Å². The number of carbonyl (C=O) groups excluding carboxylic acids is 2. The Hall–Kier alpha value is -2.61. The van der Waals surface area contributed by atoms with Crippen LogP contribution in [0, 0.1) is 5.92 Å². The fraction of sp³-hybridized carbons (Fsp3) is 0.571. The fourth-order valence-corrected chi connectivity index (χ4v) is 4.64. The molecule has 4 rings (SSSR count). The SMILES string of the molecule is Cn1c(=O)n(C2CCC(=O)NC2=O)c2ccc(N3CCC(CCCO)CC3)cc21. The van der Waals surface area contributed by atoms with Gasteiger partial charge in [0.1, 0.15) is 6.04 Å². The first kappa shape index (κ1) is 19.7. The molecule has 1 aromatic carbocycles. The summed E-state index contributed by atoms with van der Waals surface area (Å²) in [5.74, 6) is -0.0332. The number of aromatic nitrogens is 2. The molecular weight excluding hydrogens is 372 g/mol. The molecule has 0 spiro atoms. The lowest BCUT2D eigenvalue weighted by molar-refractivity contribution is -0.135. The van der Waals surface area contributed by atoms with Crippen molar-refractivity contribution in [1.29, 1.82) is 0 Å². The van der Waals surface area contributed by atoms with E-state index in [9.17, 15) is 14.4 Å². The Kier molecular flexibility index (Phi) is 5.45. The second-order valence-corrected chi connectivity index (χ2v) is 8.15. The minimum atomic E-state index is -0.656. The van der Waals surface area contributed by atoms with Crippen LogP contribution >= 0.6 is 0 Å². The summed E-state index contributed by atoms with van der Waals surface area (Å²) in [6.45, 7) is 2.18. The molecule has 8 nitrogen and oxygen atoms in total. The van der Waals surface area contributed by atoms with Crippen molar-refractivity contribution in [3.8, 4) is 0 Å². The minimum absolute atomic E-state index is 0.239. The monoisotopic (exact) mass is 400 g/mol. The molecule has 0 saturated carbocycles. The van der Waals surface area contributed by atoms with Crippen LogP contribution in [-0.4, -0.2) is 45.8 Å². The van der Waals surface area contributed by atoms with E-state index in [-0.39, 0.29) is 24.6 Å². The number of aryl methyl sites for hydroxylation is 1. The third kappa shape index (κ3) is 3.69. The normalized spacial score (nSPS) is 21.0. The maximum atomic E-state index is 12.9. The van der Waals surface area contributed by atoms with Crippen LogP contribution in [0.2, 0.25) is 0 Å². The quantitative estimate of drug-likeness (QED) is 0.738. The molecule has 2 amide bonds. The summed E-state index contributed by atoms with van der Waals surface area (Å²) in [5, 5.41) is 11.4. The molecule has 2 N–H and O–H groups in total. The van der Waals surface area contributed by atoms with Crippen molar-refractivity contribution in [3.05, 3.63) is 28.7 Å². The Balaban J connectivity index is 1.60. The minimum Gasteiger partial charge on any atom is -0.396 e. The zero-order valence-electron chi connectivity index (χ0n) is 16.8. The van der Waals surface area contributed by atoms with E-state index in [1.165, 1.54) is 4.57 Å².